The molecule has 22 nitrogen and oxygen atoms in total. The van der Waals surface area contributed by atoms with Crippen molar-refractivity contribution in [2.24, 2.45) is 35.0 Å². The zero-order valence-electron chi connectivity index (χ0n) is 42.1. The molecule has 5 rings (SSSR count). The Hall–Kier alpha value is -6.33. The van der Waals surface area contributed by atoms with Crippen LogP contribution in [0.25, 0.3) is 0 Å². The predicted molar refractivity (Wildman–Crippen MR) is 270 cm³/mol. The van der Waals surface area contributed by atoms with E-state index in [0.29, 0.717) is 12.0 Å². The molecule has 0 bridgehead atoms. The smallest absolute Gasteiger partial charge is 0.245 e. The van der Waals surface area contributed by atoms with E-state index in [1.165, 1.54) is 6.92 Å². The van der Waals surface area contributed by atoms with Crippen LogP contribution in [0.4, 0.5) is 0 Å². The number of Topliss-reactive ketones (excluding diaryl/α,β-unsaturated/α-hetero) is 1. The van der Waals surface area contributed by atoms with Gasteiger partial charge in [-0.2, -0.15) is 0 Å². The standard InChI is InChI=1S/C51H76N12O10/c1-28(2)23-40-49(71)59-35(15-19-52)44(66)58-37(17-21-54)47(69)63-43(29(3)64)51(73)55-22-18-38(46(68)57-36(16-20-53)45(67)62-41(50(72)61-40)24-30-9-5-4-6-10-30)60-48(70)39-26-32-12-8-7-11-31(32)25-33-13-14-34(33)42(65)27-56-39/h4-12,28-29,33-41,43,56,64H,13-27,52-54H2,1-3H3,(H,55,73)(H,57,68)(H,58,66)(H,59,71)(H,60,70)(H,61,72)(H,62,67)(H,63,69)/t29-,33?,34?,35+,36+,37+,38+,39?,40+,41-,43+/m1/s1. The SMILES string of the molecule is CC(C)C[C@@H]1NC(=O)[C@@H](Cc2ccccc2)NC(=O)[C@H](CCN)NC(=O)[C@@H](NC(=O)C2Cc3ccccc3CC3CCC3C(=O)CN2)CCNC(=O)[C@H]([C@@H](C)O)NC(=O)[C@H](CCN)NC(=O)[C@H](CCN)NC1=O. The van der Waals surface area contributed by atoms with Crippen molar-refractivity contribution in [3.63, 3.8) is 0 Å². The van der Waals surface area contributed by atoms with Crippen LogP contribution in [0.1, 0.15) is 82.4 Å². The summed E-state index contributed by atoms with van der Waals surface area (Å²) in [6, 6.07) is 5.86. The number of amides is 8. The molecule has 0 aromatic heterocycles. The van der Waals surface area contributed by atoms with Crippen LogP contribution in [-0.2, 0) is 62.4 Å². The van der Waals surface area contributed by atoms with Crippen molar-refractivity contribution < 1.29 is 48.3 Å². The Morgan fingerprint density at radius 1 is 0.616 bits per heavy atom. The van der Waals surface area contributed by atoms with Gasteiger partial charge in [-0.1, -0.05) is 68.4 Å². The summed E-state index contributed by atoms with van der Waals surface area (Å²) in [7, 11) is 0. The van der Waals surface area contributed by atoms with Crippen molar-refractivity contribution in [1.82, 2.24) is 47.9 Å². The Morgan fingerprint density at radius 2 is 1.12 bits per heavy atom. The molecule has 3 aliphatic rings. The highest BCUT2D eigenvalue weighted by atomic mass is 16.3. The van der Waals surface area contributed by atoms with Gasteiger partial charge in [-0.05, 0) is 113 Å². The summed E-state index contributed by atoms with van der Waals surface area (Å²) in [5, 5.41) is 35.2. The first-order chi connectivity index (χ1) is 34.9. The fourth-order valence-corrected chi connectivity index (χ4v) is 9.39. The number of hydrogen-bond acceptors (Lipinski definition) is 14. The maximum absolute atomic E-state index is 14.5. The minimum Gasteiger partial charge on any atom is -0.391 e. The van der Waals surface area contributed by atoms with E-state index < -0.39 is 102 Å². The molecule has 11 atom stereocenters. The molecule has 8 amide bonds. The van der Waals surface area contributed by atoms with Crippen molar-refractivity contribution in [3.8, 4) is 0 Å². The number of ketones is 1. The first-order valence-electron chi connectivity index (χ1n) is 25.5. The summed E-state index contributed by atoms with van der Waals surface area (Å²) in [6.45, 7) is 4.25. The van der Waals surface area contributed by atoms with Crippen LogP contribution in [0.2, 0.25) is 0 Å². The molecule has 2 aromatic rings. The van der Waals surface area contributed by atoms with Gasteiger partial charge in [-0.3, -0.25) is 48.5 Å². The first kappa shape index (κ1) is 57.6. The molecule has 1 saturated carbocycles. The Bertz CT molecular complexity index is 2250. The van der Waals surface area contributed by atoms with E-state index in [0.717, 1.165) is 24.0 Å². The second-order valence-corrected chi connectivity index (χ2v) is 19.7. The fourth-order valence-electron chi connectivity index (χ4n) is 9.39. The lowest BCUT2D eigenvalue weighted by Crippen LogP contribution is -2.61. The zero-order valence-corrected chi connectivity index (χ0v) is 42.1. The van der Waals surface area contributed by atoms with Gasteiger partial charge < -0.3 is 64.8 Å². The van der Waals surface area contributed by atoms with Crippen LogP contribution in [0.3, 0.4) is 0 Å². The molecule has 2 heterocycles. The number of nitrogens with two attached hydrogens (primary N) is 3. The summed E-state index contributed by atoms with van der Waals surface area (Å²) < 4.78 is 0. The summed E-state index contributed by atoms with van der Waals surface area (Å²) in [4.78, 5) is 126. The number of nitrogens with one attached hydrogen (secondary N) is 9. The van der Waals surface area contributed by atoms with Gasteiger partial charge in [0.05, 0.1) is 18.7 Å². The van der Waals surface area contributed by atoms with Gasteiger partial charge in [0.1, 0.15) is 48.1 Å². The molecule has 22 heteroatoms. The monoisotopic (exact) mass is 1020 g/mol. The molecular weight excluding hydrogens is 941 g/mol. The number of aliphatic hydroxyl groups excluding tert-OH is 1. The quantitative estimate of drug-likeness (QED) is 0.0950. The van der Waals surface area contributed by atoms with Gasteiger partial charge in [0.25, 0.3) is 0 Å². The molecule has 1 saturated heterocycles. The summed E-state index contributed by atoms with van der Waals surface area (Å²) >= 11 is 0. The van der Waals surface area contributed by atoms with Crippen molar-refractivity contribution in [3.05, 3.63) is 71.3 Å². The van der Waals surface area contributed by atoms with Gasteiger partial charge in [-0.15, -0.1) is 0 Å². The van der Waals surface area contributed by atoms with Gasteiger partial charge in [0.2, 0.25) is 47.3 Å². The van der Waals surface area contributed by atoms with E-state index in [1.54, 1.807) is 30.3 Å². The van der Waals surface area contributed by atoms with E-state index in [9.17, 15) is 48.3 Å². The van der Waals surface area contributed by atoms with Crippen LogP contribution in [0.15, 0.2) is 54.6 Å². The average Bonchev–Trinajstić information content (AvgIpc) is 3.34. The third-order valence-corrected chi connectivity index (χ3v) is 13.6. The number of rotatable bonds is 13. The Labute approximate surface area is 426 Å². The van der Waals surface area contributed by atoms with Crippen molar-refractivity contribution in [2.45, 2.75) is 139 Å². The average molecular weight is 1020 g/mol. The molecule has 3 unspecified atom stereocenters. The van der Waals surface area contributed by atoms with E-state index in [1.807, 2.05) is 38.1 Å². The van der Waals surface area contributed by atoms with E-state index in [4.69, 9.17) is 17.2 Å². The molecule has 2 fully saturated rings. The Balaban J connectivity index is 1.51. The molecule has 73 heavy (non-hydrogen) atoms. The highest BCUT2D eigenvalue weighted by Crippen LogP contribution is 2.38. The molecule has 16 N–H and O–H groups in total. The topological polar surface area (TPSA) is 360 Å². The number of hydrogen-bond donors (Lipinski definition) is 13. The summed E-state index contributed by atoms with van der Waals surface area (Å²) in [6.07, 6.45) is 0.512. The minimum atomic E-state index is -1.59. The van der Waals surface area contributed by atoms with Crippen molar-refractivity contribution in [2.75, 3.05) is 32.7 Å². The van der Waals surface area contributed by atoms with Crippen LogP contribution in [-0.4, -0.2) is 145 Å². The number of carbonyl (C=O) groups is 9. The highest BCUT2D eigenvalue weighted by molar-refractivity contribution is 5.98. The third-order valence-electron chi connectivity index (χ3n) is 13.6. The van der Waals surface area contributed by atoms with Crippen molar-refractivity contribution in [1.29, 1.82) is 0 Å². The molecule has 0 spiro atoms. The maximum Gasteiger partial charge on any atom is 0.245 e. The largest absolute Gasteiger partial charge is 0.391 e. The van der Waals surface area contributed by atoms with Crippen LogP contribution < -0.4 is 65.1 Å². The molecule has 400 valence electrons. The maximum atomic E-state index is 14.5. The first-order valence-corrected chi connectivity index (χ1v) is 25.5. The van der Waals surface area contributed by atoms with Gasteiger partial charge in [-0.25, -0.2) is 0 Å². The molecule has 0 radical (unpaired) electrons. The van der Waals surface area contributed by atoms with Gasteiger partial charge in [0.15, 0.2) is 0 Å². The fraction of sp³-hybridized carbons (Fsp3) is 0.588. The van der Waals surface area contributed by atoms with Gasteiger partial charge in [0, 0.05) is 18.9 Å². The van der Waals surface area contributed by atoms with Gasteiger partial charge >= 0.3 is 0 Å². The van der Waals surface area contributed by atoms with Crippen LogP contribution in [0, 0.1) is 17.8 Å². The Kier molecular flexibility index (Phi) is 22.2. The number of fused-ring (bicyclic) bond motifs is 2. The van der Waals surface area contributed by atoms with Crippen LogP contribution in [0.5, 0.6) is 0 Å². The molecule has 2 aromatic carbocycles. The number of carbonyl (C=O) groups excluding carboxylic acids is 9. The number of benzene rings is 2. The second kappa shape index (κ2) is 28.2. The summed E-state index contributed by atoms with van der Waals surface area (Å²) in [5.74, 6) is -6.52. The van der Waals surface area contributed by atoms with E-state index in [2.05, 4.69) is 47.9 Å². The second-order valence-electron chi connectivity index (χ2n) is 19.7. The molecule has 1 aliphatic carbocycles. The Morgan fingerprint density at radius 3 is 1.67 bits per heavy atom. The summed E-state index contributed by atoms with van der Waals surface area (Å²) in [5.41, 5.74) is 20.3. The zero-order chi connectivity index (χ0) is 53.2. The van der Waals surface area contributed by atoms with Crippen molar-refractivity contribution >= 4 is 53.0 Å². The lowest BCUT2D eigenvalue weighted by molar-refractivity contribution is -0.136. The number of aliphatic hydroxyl groups is 1. The van der Waals surface area contributed by atoms with Crippen LogP contribution >= 0.6 is 0 Å². The third kappa shape index (κ3) is 16.9. The predicted octanol–water partition coefficient (Wildman–Crippen LogP) is -3.03. The lowest BCUT2D eigenvalue weighted by atomic mass is 9.68. The molecule has 2 aliphatic heterocycles. The normalized spacial score (nSPS) is 27.9. The lowest BCUT2D eigenvalue weighted by Gasteiger charge is -2.37. The minimum absolute atomic E-state index is 0.0148. The molecular formula is C51H76N12O10. The highest BCUT2D eigenvalue weighted by Gasteiger charge is 2.39. The van der Waals surface area contributed by atoms with E-state index in [-0.39, 0.29) is 101 Å². The van der Waals surface area contributed by atoms with E-state index >= 15 is 0 Å².